The lowest BCUT2D eigenvalue weighted by atomic mass is 10.0. The molecule has 1 aliphatic heterocycles. The van der Waals surface area contributed by atoms with Gasteiger partial charge in [0.1, 0.15) is 0 Å². The molecule has 2 heterocycles. The molecular weight excluding hydrogens is 244 g/mol. The highest BCUT2D eigenvalue weighted by Gasteiger charge is 2.13. The third-order valence-electron chi connectivity index (χ3n) is 3.37. The average molecular weight is 266 g/mol. The van der Waals surface area contributed by atoms with E-state index in [0.29, 0.717) is 37.1 Å². The fourth-order valence-corrected chi connectivity index (χ4v) is 2.32. The van der Waals surface area contributed by atoms with Crippen LogP contribution in [0.1, 0.15) is 43.8 Å². The molecule has 1 unspecified atom stereocenters. The molecule has 0 aliphatic carbocycles. The Morgan fingerprint density at radius 2 is 2.42 bits per heavy atom. The fourth-order valence-electron chi connectivity index (χ4n) is 2.32. The first kappa shape index (κ1) is 14.0. The van der Waals surface area contributed by atoms with Gasteiger partial charge in [-0.2, -0.15) is 4.98 Å². The van der Waals surface area contributed by atoms with Crippen LogP contribution in [0.2, 0.25) is 0 Å². The molecule has 6 heteroatoms. The van der Waals surface area contributed by atoms with Gasteiger partial charge in [0.2, 0.25) is 11.8 Å². The molecule has 1 amide bonds. The summed E-state index contributed by atoms with van der Waals surface area (Å²) in [6, 6.07) is 0.513. The normalized spacial score (nSPS) is 19.3. The van der Waals surface area contributed by atoms with Crippen molar-refractivity contribution in [1.29, 1.82) is 0 Å². The molecule has 2 N–H and O–H groups in total. The monoisotopic (exact) mass is 266 g/mol. The Kier molecular flexibility index (Phi) is 5.32. The summed E-state index contributed by atoms with van der Waals surface area (Å²) in [5.41, 5.74) is 0. The predicted octanol–water partition coefficient (Wildman–Crippen LogP) is 0.959. The molecule has 1 aliphatic rings. The van der Waals surface area contributed by atoms with E-state index in [1.807, 2.05) is 0 Å². The first-order chi connectivity index (χ1) is 9.24. The van der Waals surface area contributed by atoms with Crippen LogP contribution in [-0.4, -0.2) is 35.2 Å². The highest BCUT2D eigenvalue weighted by molar-refractivity contribution is 5.75. The number of piperidine rings is 1. The Hall–Kier alpha value is -1.43. The number of nitrogens with one attached hydrogen (secondary N) is 2. The van der Waals surface area contributed by atoms with E-state index in [1.165, 1.54) is 19.3 Å². The van der Waals surface area contributed by atoms with Crippen LogP contribution in [0.15, 0.2) is 4.52 Å². The van der Waals surface area contributed by atoms with E-state index in [9.17, 15) is 4.79 Å². The van der Waals surface area contributed by atoms with E-state index in [0.717, 1.165) is 13.0 Å². The second-order valence-corrected chi connectivity index (χ2v) is 5.02. The zero-order chi connectivity index (χ0) is 13.5. The second-order valence-electron chi connectivity index (χ2n) is 5.02. The van der Waals surface area contributed by atoms with Gasteiger partial charge in [-0.05, 0) is 25.8 Å². The van der Waals surface area contributed by atoms with Crippen molar-refractivity contribution >= 4 is 5.91 Å². The van der Waals surface area contributed by atoms with Crippen molar-refractivity contribution in [3.05, 3.63) is 11.7 Å². The number of nitrogens with zero attached hydrogens (tertiary/aromatic N) is 2. The molecule has 0 radical (unpaired) electrons. The Bertz CT molecular complexity index is 399. The zero-order valence-electron chi connectivity index (χ0n) is 11.4. The quantitative estimate of drug-likeness (QED) is 0.801. The molecule has 19 heavy (non-hydrogen) atoms. The summed E-state index contributed by atoms with van der Waals surface area (Å²) in [6.45, 7) is 3.41. The topological polar surface area (TPSA) is 80.0 Å². The standard InChI is InChI=1S/C13H22N4O2/c1-10-16-12(17-19-10)7-9-15-13(18)6-5-11-4-2-3-8-14-11/h11,14H,2-9H2,1H3,(H,15,18). The van der Waals surface area contributed by atoms with Crippen LogP contribution < -0.4 is 10.6 Å². The van der Waals surface area contributed by atoms with Gasteiger partial charge >= 0.3 is 0 Å². The summed E-state index contributed by atoms with van der Waals surface area (Å²) < 4.78 is 4.87. The largest absolute Gasteiger partial charge is 0.356 e. The predicted molar refractivity (Wildman–Crippen MR) is 70.6 cm³/mol. The van der Waals surface area contributed by atoms with Gasteiger partial charge in [0, 0.05) is 32.4 Å². The van der Waals surface area contributed by atoms with E-state index in [2.05, 4.69) is 20.8 Å². The molecule has 0 saturated carbocycles. The second kappa shape index (κ2) is 7.23. The van der Waals surface area contributed by atoms with Crippen molar-refractivity contribution in [2.45, 2.75) is 51.5 Å². The smallest absolute Gasteiger partial charge is 0.223 e. The van der Waals surface area contributed by atoms with E-state index < -0.39 is 0 Å². The Balaban J connectivity index is 1.56. The maximum atomic E-state index is 11.7. The van der Waals surface area contributed by atoms with Gasteiger partial charge in [0.15, 0.2) is 5.82 Å². The van der Waals surface area contributed by atoms with Crippen molar-refractivity contribution in [2.75, 3.05) is 13.1 Å². The molecule has 106 valence electrons. The third kappa shape index (κ3) is 4.98. The highest BCUT2D eigenvalue weighted by Crippen LogP contribution is 2.11. The van der Waals surface area contributed by atoms with Crippen LogP contribution in [0, 0.1) is 6.92 Å². The molecule has 2 rings (SSSR count). The molecule has 6 nitrogen and oxygen atoms in total. The van der Waals surface area contributed by atoms with Crippen LogP contribution in [0.3, 0.4) is 0 Å². The van der Waals surface area contributed by atoms with Crippen LogP contribution in [0.4, 0.5) is 0 Å². The minimum absolute atomic E-state index is 0.104. The molecular formula is C13H22N4O2. The molecule has 1 atom stereocenters. The number of rotatable bonds is 6. The zero-order valence-corrected chi connectivity index (χ0v) is 11.4. The average Bonchev–Trinajstić information content (AvgIpc) is 2.83. The molecule has 1 aromatic rings. The van der Waals surface area contributed by atoms with Crippen LogP contribution >= 0.6 is 0 Å². The lowest BCUT2D eigenvalue weighted by Crippen LogP contribution is -2.35. The van der Waals surface area contributed by atoms with Crippen LogP contribution in [0.5, 0.6) is 0 Å². The summed E-state index contributed by atoms with van der Waals surface area (Å²) in [5.74, 6) is 1.31. The van der Waals surface area contributed by atoms with Gasteiger partial charge in [-0.1, -0.05) is 11.6 Å². The van der Waals surface area contributed by atoms with E-state index in [4.69, 9.17) is 4.52 Å². The van der Waals surface area contributed by atoms with Crippen molar-refractivity contribution in [2.24, 2.45) is 0 Å². The lowest BCUT2D eigenvalue weighted by molar-refractivity contribution is -0.121. The maximum absolute atomic E-state index is 11.7. The minimum atomic E-state index is 0.104. The molecule has 1 saturated heterocycles. The minimum Gasteiger partial charge on any atom is -0.356 e. The van der Waals surface area contributed by atoms with Crippen LogP contribution in [0.25, 0.3) is 0 Å². The molecule has 1 aromatic heterocycles. The summed E-state index contributed by atoms with van der Waals surface area (Å²) in [4.78, 5) is 15.8. The van der Waals surface area contributed by atoms with Crippen molar-refractivity contribution in [3.8, 4) is 0 Å². The van der Waals surface area contributed by atoms with Crippen LogP contribution in [-0.2, 0) is 11.2 Å². The van der Waals surface area contributed by atoms with Gasteiger partial charge in [0.25, 0.3) is 0 Å². The van der Waals surface area contributed by atoms with E-state index in [1.54, 1.807) is 6.92 Å². The summed E-state index contributed by atoms with van der Waals surface area (Å²) in [6.07, 6.45) is 5.85. The molecule has 0 bridgehead atoms. The van der Waals surface area contributed by atoms with Crippen molar-refractivity contribution < 1.29 is 9.32 Å². The van der Waals surface area contributed by atoms with Crippen molar-refractivity contribution in [1.82, 2.24) is 20.8 Å². The maximum Gasteiger partial charge on any atom is 0.223 e. The number of aromatic nitrogens is 2. The van der Waals surface area contributed by atoms with Gasteiger partial charge in [-0.15, -0.1) is 0 Å². The molecule has 1 fully saturated rings. The Morgan fingerprint density at radius 1 is 1.53 bits per heavy atom. The first-order valence-corrected chi connectivity index (χ1v) is 7.03. The molecule has 0 aromatic carbocycles. The van der Waals surface area contributed by atoms with Gasteiger partial charge in [0.05, 0.1) is 0 Å². The van der Waals surface area contributed by atoms with Gasteiger partial charge in [-0.25, -0.2) is 0 Å². The van der Waals surface area contributed by atoms with E-state index >= 15 is 0 Å². The Morgan fingerprint density at radius 3 is 3.11 bits per heavy atom. The van der Waals surface area contributed by atoms with Gasteiger partial charge < -0.3 is 15.2 Å². The van der Waals surface area contributed by atoms with Crippen molar-refractivity contribution in [3.63, 3.8) is 0 Å². The number of hydrogen-bond donors (Lipinski definition) is 2. The van der Waals surface area contributed by atoms with Gasteiger partial charge in [-0.3, -0.25) is 4.79 Å². The number of carbonyl (C=O) groups is 1. The summed E-state index contributed by atoms with van der Waals surface area (Å²) in [7, 11) is 0. The fraction of sp³-hybridized carbons (Fsp3) is 0.769. The molecule has 0 spiro atoms. The summed E-state index contributed by atoms with van der Waals surface area (Å²) >= 11 is 0. The van der Waals surface area contributed by atoms with E-state index in [-0.39, 0.29) is 5.91 Å². The Labute approximate surface area is 113 Å². The number of carbonyl (C=O) groups excluding carboxylic acids is 1. The highest BCUT2D eigenvalue weighted by atomic mass is 16.5. The summed E-state index contributed by atoms with van der Waals surface area (Å²) in [5, 5.41) is 10.1. The third-order valence-corrected chi connectivity index (χ3v) is 3.37. The number of hydrogen-bond acceptors (Lipinski definition) is 5. The SMILES string of the molecule is Cc1nc(CCNC(=O)CCC2CCCCN2)no1. The first-order valence-electron chi connectivity index (χ1n) is 7.03. The number of amides is 1. The lowest BCUT2D eigenvalue weighted by Gasteiger charge is -2.22. The number of aryl methyl sites for hydroxylation is 1.